The lowest BCUT2D eigenvalue weighted by molar-refractivity contribution is -0.148. The number of anilines is 1. The van der Waals surface area contributed by atoms with Gasteiger partial charge in [-0.3, -0.25) is 4.79 Å². The summed E-state index contributed by atoms with van der Waals surface area (Å²) in [6.07, 6.45) is 1.98. The van der Waals surface area contributed by atoms with E-state index in [1.807, 2.05) is 30.3 Å². The smallest absolute Gasteiger partial charge is 0.331 e. The molecule has 1 unspecified atom stereocenters. The zero-order valence-corrected chi connectivity index (χ0v) is 13.3. The number of para-hydroxylation sites is 1. The maximum Gasteiger partial charge on any atom is 0.331 e. The van der Waals surface area contributed by atoms with E-state index in [0.29, 0.717) is 10.7 Å². The van der Waals surface area contributed by atoms with E-state index in [1.165, 1.54) is 13.0 Å². The molecule has 0 aliphatic carbocycles. The third-order valence-electron chi connectivity index (χ3n) is 3.01. The molecule has 0 heterocycles. The predicted molar refractivity (Wildman–Crippen MR) is 91.1 cm³/mol. The number of carbonyl (C=O) groups excluding carboxylic acids is 2. The second-order valence-electron chi connectivity index (χ2n) is 4.79. The van der Waals surface area contributed by atoms with Crippen LogP contribution in [0.4, 0.5) is 5.69 Å². The number of esters is 1. The van der Waals surface area contributed by atoms with Crippen LogP contribution in [0.3, 0.4) is 0 Å². The molecule has 0 radical (unpaired) electrons. The number of ether oxygens (including phenoxy) is 1. The van der Waals surface area contributed by atoms with E-state index in [2.05, 4.69) is 5.32 Å². The Balaban J connectivity index is 1.89. The SMILES string of the molecule is CC(OC(=O)/C=C/c1ccccc1)C(=O)Nc1ccccc1Cl. The standard InChI is InChI=1S/C18H16ClNO3/c1-13(18(22)20-16-10-6-5-9-15(16)19)23-17(21)12-11-14-7-3-2-4-8-14/h2-13H,1H3,(H,20,22)/b12-11+. The van der Waals surface area contributed by atoms with Crippen molar-refractivity contribution in [1.82, 2.24) is 0 Å². The summed E-state index contributed by atoms with van der Waals surface area (Å²) in [7, 11) is 0. The number of carbonyl (C=O) groups is 2. The monoisotopic (exact) mass is 329 g/mol. The Hall–Kier alpha value is -2.59. The summed E-state index contributed by atoms with van der Waals surface area (Å²) in [6.45, 7) is 1.50. The van der Waals surface area contributed by atoms with E-state index in [4.69, 9.17) is 16.3 Å². The highest BCUT2D eigenvalue weighted by molar-refractivity contribution is 6.33. The topological polar surface area (TPSA) is 55.4 Å². The summed E-state index contributed by atoms with van der Waals surface area (Å²) in [5.74, 6) is -1.03. The fourth-order valence-corrected chi connectivity index (χ4v) is 1.98. The van der Waals surface area contributed by atoms with Crippen molar-refractivity contribution < 1.29 is 14.3 Å². The van der Waals surface area contributed by atoms with Crippen LogP contribution in [0.25, 0.3) is 6.08 Å². The Kier molecular flexibility index (Phi) is 5.94. The molecule has 2 rings (SSSR count). The van der Waals surface area contributed by atoms with Gasteiger partial charge in [0.1, 0.15) is 0 Å². The van der Waals surface area contributed by atoms with E-state index in [0.717, 1.165) is 5.56 Å². The lowest BCUT2D eigenvalue weighted by Crippen LogP contribution is -2.29. The third-order valence-corrected chi connectivity index (χ3v) is 3.33. The van der Waals surface area contributed by atoms with E-state index < -0.39 is 18.0 Å². The summed E-state index contributed by atoms with van der Waals surface area (Å²) in [6, 6.07) is 16.2. The van der Waals surface area contributed by atoms with E-state index in [9.17, 15) is 9.59 Å². The second-order valence-corrected chi connectivity index (χ2v) is 5.20. The number of hydrogen-bond donors (Lipinski definition) is 1. The van der Waals surface area contributed by atoms with E-state index in [1.54, 1.807) is 30.3 Å². The van der Waals surface area contributed by atoms with Gasteiger partial charge in [0.05, 0.1) is 10.7 Å². The average Bonchev–Trinajstić information content (AvgIpc) is 2.56. The molecule has 2 aromatic carbocycles. The molecule has 0 aliphatic heterocycles. The maximum atomic E-state index is 12.0. The average molecular weight is 330 g/mol. The van der Waals surface area contributed by atoms with Crippen molar-refractivity contribution >= 4 is 35.2 Å². The molecule has 5 heteroatoms. The zero-order valence-electron chi connectivity index (χ0n) is 12.5. The Labute approximate surface area is 139 Å². The van der Waals surface area contributed by atoms with Crippen LogP contribution in [-0.2, 0) is 14.3 Å². The third kappa shape index (κ3) is 5.27. The number of benzene rings is 2. The minimum absolute atomic E-state index is 0.420. The van der Waals surface area contributed by atoms with Crippen LogP contribution in [0.5, 0.6) is 0 Å². The molecular formula is C18H16ClNO3. The molecule has 118 valence electrons. The van der Waals surface area contributed by atoms with Gasteiger partial charge < -0.3 is 10.1 Å². The molecule has 2 aromatic rings. The van der Waals surface area contributed by atoms with Crippen LogP contribution in [0.1, 0.15) is 12.5 Å². The number of halogens is 1. The summed E-state index contributed by atoms with van der Waals surface area (Å²) in [5.41, 5.74) is 1.35. The fraction of sp³-hybridized carbons (Fsp3) is 0.111. The molecule has 0 spiro atoms. The van der Waals surface area contributed by atoms with Crippen LogP contribution in [-0.4, -0.2) is 18.0 Å². The first kappa shape index (κ1) is 16.8. The van der Waals surface area contributed by atoms with Gasteiger partial charge in [-0.1, -0.05) is 54.1 Å². The highest BCUT2D eigenvalue weighted by Gasteiger charge is 2.17. The summed E-state index contributed by atoms with van der Waals surface area (Å²) in [4.78, 5) is 23.7. The number of rotatable bonds is 5. The Morgan fingerprint density at radius 1 is 1.09 bits per heavy atom. The number of amides is 1. The number of hydrogen-bond acceptors (Lipinski definition) is 3. The number of nitrogens with one attached hydrogen (secondary N) is 1. The normalized spacial score (nSPS) is 11.9. The minimum Gasteiger partial charge on any atom is -0.449 e. The molecule has 0 saturated carbocycles. The van der Waals surface area contributed by atoms with Crippen LogP contribution in [0.2, 0.25) is 5.02 Å². The van der Waals surface area contributed by atoms with Crippen molar-refractivity contribution in [1.29, 1.82) is 0 Å². The van der Waals surface area contributed by atoms with Crippen LogP contribution < -0.4 is 5.32 Å². The molecule has 0 saturated heterocycles. The van der Waals surface area contributed by atoms with Gasteiger partial charge in [0.2, 0.25) is 0 Å². The second kappa shape index (κ2) is 8.15. The van der Waals surface area contributed by atoms with Crippen molar-refractivity contribution in [3.05, 3.63) is 71.3 Å². The molecule has 23 heavy (non-hydrogen) atoms. The first-order valence-electron chi connectivity index (χ1n) is 7.05. The van der Waals surface area contributed by atoms with Crippen LogP contribution in [0, 0.1) is 0 Å². The minimum atomic E-state index is -0.931. The van der Waals surface area contributed by atoms with E-state index >= 15 is 0 Å². The van der Waals surface area contributed by atoms with Gasteiger partial charge in [-0.15, -0.1) is 0 Å². The largest absolute Gasteiger partial charge is 0.449 e. The van der Waals surface area contributed by atoms with Crippen molar-refractivity contribution in [2.24, 2.45) is 0 Å². The first-order valence-corrected chi connectivity index (χ1v) is 7.43. The molecule has 0 bridgehead atoms. The maximum absolute atomic E-state index is 12.0. The lowest BCUT2D eigenvalue weighted by atomic mass is 10.2. The summed E-state index contributed by atoms with van der Waals surface area (Å²) in [5, 5.41) is 3.04. The predicted octanol–water partition coefficient (Wildman–Crippen LogP) is 3.92. The van der Waals surface area contributed by atoms with Crippen LogP contribution in [0.15, 0.2) is 60.7 Å². The molecule has 1 amide bonds. The van der Waals surface area contributed by atoms with Crippen LogP contribution >= 0.6 is 11.6 Å². The quantitative estimate of drug-likeness (QED) is 0.668. The van der Waals surface area contributed by atoms with Gasteiger partial charge in [-0.25, -0.2) is 4.79 Å². The van der Waals surface area contributed by atoms with Crippen molar-refractivity contribution in [2.75, 3.05) is 5.32 Å². The van der Waals surface area contributed by atoms with Gasteiger partial charge in [0.15, 0.2) is 6.10 Å². The molecular weight excluding hydrogens is 314 g/mol. The molecule has 0 fully saturated rings. The Morgan fingerprint density at radius 2 is 1.74 bits per heavy atom. The molecule has 0 aliphatic rings. The summed E-state index contributed by atoms with van der Waals surface area (Å²) < 4.78 is 5.07. The van der Waals surface area contributed by atoms with Gasteiger partial charge in [-0.05, 0) is 30.7 Å². The van der Waals surface area contributed by atoms with Gasteiger partial charge in [0, 0.05) is 6.08 Å². The Morgan fingerprint density at radius 3 is 2.43 bits per heavy atom. The van der Waals surface area contributed by atoms with Gasteiger partial charge in [-0.2, -0.15) is 0 Å². The van der Waals surface area contributed by atoms with Crippen molar-refractivity contribution in [3.63, 3.8) is 0 Å². The molecule has 1 atom stereocenters. The van der Waals surface area contributed by atoms with Gasteiger partial charge >= 0.3 is 5.97 Å². The van der Waals surface area contributed by atoms with Gasteiger partial charge in [0.25, 0.3) is 5.91 Å². The van der Waals surface area contributed by atoms with E-state index in [-0.39, 0.29) is 0 Å². The fourth-order valence-electron chi connectivity index (χ4n) is 1.79. The molecule has 4 nitrogen and oxygen atoms in total. The highest BCUT2D eigenvalue weighted by atomic mass is 35.5. The summed E-state index contributed by atoms with van der Waals surface area (Å²) >= 11 is 5.96. The lowest BCUT2D eigenvalue weighted by Gasteiger charge is -2.13. The molecule has 0 aromatic heterocycles. The first-order chi connectivity index (χ1) is 11.1. The highest BCUT2D eigenvalue weighted by Crippen LogP contribution is 2.20. The van der Waals surface area contributed by atoms with Crippen molar-refractivity contribution in [3.8, 4) is 0 Å². The molecule has 1 N–H and O–H groups in total. The Bertz CT molecular complexity index is 713. The van der Waals surface area contributed by atoms with Crippen molar-refractivity contribution in [2.45, 2.75) is 13.0 Å². The zero-order chi connectivity index (χ0) is 16.7.